The van der Waals surface area contributed by atoms with Gasteiger partial charge in [-0.2, -0.15) is 0 Å². The minimum Gasteiger partial charge on any atom is -0.354 e. The van der Waals surface area contributed by atoms with Crippen LogP contribution in [0.3, 0.4) is 0 Å². The second-order valence-electron chi connectivity index (χ2n) is 7.16. The molecule has 4 rings (SSSR count). The van der Waals surface area contributed by atoms with Crippen molar-refractivity contribution in [2.75, 3.05) is 36.4 Å². The van der Waals surface area contributed by atoms with Crippen molar-refractivity contribution >= 4 is 29.0 Å². The van der Waals surface area contributed by atoms with Gasteiger partial charge in [-0.15, -0.1) is 0 Å². The summed E-state index contributed by atoms with van der Waals surface area (Å²) in [5, 5.41) is 3.01. The monoisotopic (exact) mass is 385 g/mol. The lowest BCUT2D eigenvalue weighted by atomic mass is 10.2. The standard InChI is InChI=1S/C20H24ClN5O/c21-19-17(6-3-9-22-19)20(27)24-15-7-8-18(23-14-15)26-12-10-25(11-13-26)16-4-1-2-5-16/h3,6-9,14,16H,1-2,4-5,10-13H2,(H,24,27). The summed E-state index contributed by atoms with van der Waals surface area (Å²) in [4.78, 5) is 25.7. The summed E-state index contributed by atoms with van der Waals surface area (Å²) >= 11 is 5.97. The average molecular weight is 386 g/mol. The van der Waals surface area contributed by atoms with Crippen molar-refractivity contribution in [2.45, 2.75) is 31.7 Å². The fourth-order valence-corrected chi connectivity index (χ4v) is 4.19. The van der Waals surface area contributed by atoms with Crippen LogP contribution in [-0.2, 0) is 0 Å². The lowest BCUT2D eigenvalue weighted by Crippen LogP contribution is -2.49. The van der Waals surface area contributed by atoms with E-state index in [2.05, 4.69) is 25.1 Å². The number of nitrogens with zero attached hydrogens (tertiary/aromatic N) is 4. The molecule has 2 aliphatic rings. The van der Waals surface area contributed by atoms with Gasteiger partial charge in [-0.1, -0.05) is 24.4 Å². The zero-order valence-corrected chi connectivity index (χ0v) is 16.0. The number of rotatable bonds is 4. The van der Waals surface area contributed by atoms with Crippen molar-refractivity contribution in [1.29, 1.82) is 0 Å². The van der Waals surface area contributed by atoms with Crippen LogP contribution >= 0.6 is 11.6 Å². The summed E-state index contributed by atoms with van der Waals surface area (Å²) < 4.78 is 0. The number of hydrogen-bond donors (Lipinski definition) is 1. The Labute approximate surface area is 164 Å². The molecule has 2 fully saturated rings. The molecule has 0 radical (unpaired) electrons. The summed E-state index contributed by atoms with van der Waals surface area (Å²) in [6.07, 6.45) is 8.72. The fourth-order valence-electron chi connectivity index (χ4n) is 3.99. The summed E-state index contributed by atoms with van der Waals surface area (Å²) in [6.45, 7) is 4.20. The van der Waals surface area contributed by atoms with Gasteiger partial charge >= 0.3 is 0 Å². The molecule has 0 aromatic carbocycles. The molecule has 0 bridgehead atoms. The van der Waals surface area contributed by atoms with Crippen LogP contribution in [0.15, 0.2) is 36.7 Å². The van der Waals surface area contributed by atoms with Crippen LogP contribution in [-0.4, -0.2) is 53.0 Å². The van der Waals surface area contributed by atoms with Crippen molar-refractivity contribution in [2.24, 2.45) is 0 Å². The average Bonchev–Trinajstić information content (AvgIpc) is 3.24. The normalized spacial score (nSPS) is 18.6. The molecule has 0 unspecified atom stereocenters. The highest BCUT2D eigenvalue weighted by Crippen LogP contribution is 2.25. The van der Waals surface area contributed by atoms with E-state index in [0.29, 0.717) is 11.3 Å². The van der Waals surface area contributed by atoms with E-state index in [1.807, 2.05) is 12.1 Å². The second kappa shape index (κ2) is 8.23. The van der Waals surface area contributed by atoms with E-state index in [1.54, 1.807) is 24.5 Å². The molecule has 1 aliphatic carbocycles. The van der Waals surface area contributed by atoms with Gasteiger partial charge in [0.05, 0.1) is 17.4 Å². The van der Waals surface area contributed by atoms with E-state index in [4.69, 9.17) is 11.6 Å². The van der Waals surface area contributed by atoms with Crippen molar-refractivity contribution in [3.63, 3.8) is 0 Å². The number of piperazine rings is 1. The molecule has 1 N–H and O–H groups in total. The number of anilines is 2. The fraction of sp³-hybridized carbons (Fsp3) is 0.450. The van der Waals surface area contributed by atoms with Gasteiger partial charge in [0.25, 0.3) is 5.91 Å². The molecule has 1 amide bonds. The lowest BCUT2D eigenvalue weighted by Gasteiger charge is -2.38. The quantitative estimate of drug-likeness (QED) is 0.817. The number of amides is 1. The molecule has 6 nitrogen and oxygen atoms in total. The Hall–Kier alpha value is -2.18. The second-order valence-corrected chi connectivity index (χ2v) is 7.52. The van der Waals surface area contributed by atoms with E-state index in [0.717, 1.165) is 38.0 Å². The molecule has 1 saturated heterocycles. The number of halogens is 1. The third-order valence-electron chi connectivity index (χ3n) is 5.49. The van der Waals surface area contributed by atoms with Gasteiger partial charge in [0.1, 0.15) is 11.0 Å². The maximum absolute atomic E-state index is 12.3. The van der Waals surface area contributed by atoms with Gasteiger partial charge in [0.15, 0.2) is 0 Å². The molecule has 0 spiro atoms. The summed E-state index contributed by atoms with van der Waals surface area (Å²) in [5.41, 5.74) is 1.000. The van der Waals surface area contributed by atoms with Crippen LogP contribution in [0, 0.1) is 0 Å². The van der Waals surface area contributed by atoms with Crippen LogP contribution in [0.25, 0.3) is 0 Å². The Bertz CT molecular complexity index is 783. The predicted molar refractivity (Wildman–Crippen MR) is 107 cm³/mol. The first-order chi connectivity index (χ1) is 13.2. The third-order valence-corrected chi connectivity index (χ3v) is 5.79. The molecule has 27 heavy (non-hydrogen) atoms. The Morgan fingerprint density at radius 3 is 2.52 bits per heavy atom. The molecule has 1 aliphatic heterocycles. The first-order valence-electron chi connectivity index (χ1n) is 9.57. The van der Waals surface area contributed by atoms with Gasteiger partial charge in [-0.05, 0) is 37.1 Å². The number of carbonyl (C=O) groups excluding carboxylic acids is 1. The topological polar surface area (TPSA) is 61.4 Å². The smallest absolute Gasteiger partial charge is 0.258 e. The predicted octanol–water partition coefficient (Wildman–Crippen LogP) is 3.45. The van der Waals surface area contributed by atoms with Crippen LogP contribution in [0.2, 0.25) is 5.15 Å². The molecule has 1 saturated carbocycles. The van der Waals surface area contributed by atoms with Crippen LogP contribution < -0.4 is 10.2 Å². The first kappa shape index (κ1) is 18.2. The highest BCUT2D eigenvalue weighted by Gasteiger charge is 2.26. The third kappa shape index (κ3) is 4.22. The van der Waals surface area contributed by atoms with Crippen LogP contribution in [0.4, 0.5) is 11.5 Å². The Balaban J connectivity index is 1.34. The van der Waals surface area contributed by atoms with Crippen molar-refractivity contribution in [1.82, 2.24) is 14.9 Å². The van der Waals surface area contributed by atoms with Crippen LogP contribution in [0.1, 0.15) is 36.0 Å². The summed E-state index contributed by atoms with van der Waals surface area (Å²) in [7, 11) is 0. The lowest BCUT2D eigenvalue weighted by molar-refractivity contribution is 0.102. The van der Waals surface area contributed by atoms with Crippen molar-refractivity contribution < 1.29 is 4.79 Å². The van der Waals surface area contributed by atoms with Gasteiger partial charge in [-0.3, -0.25) is 9.69 Å². The molecule has 3 heterocycles. The van der Waals surface area contributed by atoms with E-state index >= 15 is 0 Å². The number of carbonyl (C=O) groups is 1. The summed E-state index contributed by atoms with van der Waals surface area (Å²) in [5.74, 6) is 0.673. The van der Waals surface area contributed by atoms with Crippen molar-refractivity contribution in [3.05, 3.63) is 47.4 Å². The number of hydrogen-bond acceptors (Lipinski definition) is 5. The number of nitrogens with one attached hydrogen (secondary N) is 1. The SMILES string of the molecule is O=C(Nc1ccc(N2CCN(C3CCCC3)CC2)nc1)c1cccnc1Cl. The Kier molecular flexibility index (Phi) is 5.55. The molecule has 2 aromatic heterocycles. The van der Waals surface area contributed by atoms with Crippen LogP contribution in [0.5, 0.6) is 0 Å². The van der Waals surface area contributed by atoms with E-state index in [-0.39, 0.29) is 11.1 Å². The van der Waals surface area contributed by atoms with E-state index in [1.165, 1.54) is 25.7 Å². The molecular weight excluding hydrogens is 362 g/mol. The number of pyridine rings is 2. The molecule has 2 aromatic rings. The van der Waals surface area contributed by atoms with E-state index in [9.17, 15) is 4.79 Å². The number of aromatic nitrogens is 2. The maximum atomic E-state index is 12.3. The zero-order chi connectivity index (χ0) is 18.6. The summed E-state index contributed by atoms with van der Waals surface area (Å²) in [6, 6.07) is 7.97. The van der Waals surface area contributed by atoms with Gasteiger partial charge in [0.2, 0.25) is 0 Å². The Morgan fingerprint density at radius 1 is 1.07 bits per heavy atom. The highest BCUT2D eigenvalue weighted by molar-refractivity contribution is 6.33. The molecular formula is C20H24ClN5O. The molecule has 7 heteroatoms. The van der Waals surface area contributed by atoms with Gasteiger partial charge < -0.3 is 10.2 Å². The minimum atomic E-state index is -0.284. The molecule has 142 valence electrons. The van der Waals surface area contributed by atoms with Gasteiger partial charge in [-0.25, -0.2) is 9.97 Å². The van der Waals surface area contributed by atoms with Gasteiger partial charge in [0, 0.05) is 38.4 Å². The largest absolute Gasteiger partial charge is 0.354 e. The van der Waals surface area contributed by atoms with Crippen molar-refractivity contribution in [3.8, 4) is 0 Å². The molecule has 0 atom stereocenters. The zero-order valence-electron chi connectivity index (χ0n) is 15.3. The highest BCUT2D eigenvalue weighted by atomic mass is 35.5. The minimum absolute atomic E-state index is 0.194. The maximum Gasteiger partial charge on any atom is 0.258 e. The van der Waals surface area contributed by atoms with E-state index < -0.39 is 0 Å². The Morgan fingerprint density at radius 2 is 1.85 bits per heavy atom. The first-order valence-corrected chi connectivity index (χ1v) is 9.95.